The third-order valence-corrected chi connectivity index (χ3v) is 5.71. The number of nitrogens with two attached hydrogens (primary N) is 1. The van der Waals surface area contributed by atoms with Crippen molar-refractivity contribution in [3.63, 3.8) is 0 Å². The SMILES string of the molecule is NS(=O)(=O)c1ccc(N2CCN(Cc3noc4cc(F)ccc34)CC2)cc1. The summed E-state index contributed by atoms with van der Waals surface area (Å²) in [7, 11) is -3.67. The van der Waals surface area contributed by atoms with Crippen LogP contribution in [0.1, 0.15) is 5.69 Å². The number of aromatic nitrogens is 1. The maximum Gasteiger partial charge on any atom is 0.238 e. The van der Waals surface area contributed by atoms with Gasteiger partial charge in [-0.25, -0.2) is 17.9 Å². The van der Waals surface area contributed by atoms with Crippen LogP contribution in [0.5, 0.6) is 0 Å². The first-order valence-electron chi connectivity index (χ1n) is 8.54. The lowest BCUT2D eigenvalue weighted by Crippen LogP contribution is -2.46. The molecule has 27 heavy (non-hydrogen) atoms. The number of halogens is 1. The summed E-state index contributed by atoms with van der Waals surface area (Å²) < 4.78 is 41.2. The van der Waals surface area contributed by atoms with Crippen molar-refractivity contribution in [3.05, 3.63) is 54.0 Å². The fourth-order valence-electron chi connectivity index (χ4n) is 3.30. The van der Waals surface area contributed by atoms with Crippen molar-refractivity contribution >= 4 is 26.7 Å². The van der Waals surface area contributed by atoms with Crippen LogP contribution in [0.3, 0.4) is 0 Å². The van der Waals surface area contributed by atoms with E-state index in [2.05, 4.69) is 15.0 Å². The summed E-state index contributed by atoms with van der Waals surface area (Å²) in [5.74, 6) is -0.340. The largest absolute Gasteiger partial charge is 0.369 e. The van der Waals surface area contributed by atoms with E-state index in [-0.39, 0.29) is 10.7 Å². The molecule has 9 heteroatoms. The molecule has 3 aromatic rings. The van der Waals surface area contributed by atoms with Crippen molar-refractivity contribution in [2.45, 2.75) is 11.4 Å². The van der Waals surface area contributed by atoms with Gasteiger partial charge in [0.2, 0.25) is 10.0 Å². The van der Waals surface area contributed by atoms with E-state index in [1.807, 2.05) is 0 Å². The molecule has 2 aromatic carbocycles. The number of rotatable bonds is 4. The lowest BCUT2D eigenvalue weighted by Gasteiger charge is -2.35. The van der Waals surface area contributed by atoms with Crippen LogP contribution in [0, 0.1) is 5.82 Å². The standard InChI is InChI=1S/C18H19FN4O3S/c19-13-1-6-16-17(21-26-18(16)11-13)12-22-7-9-23(10-8-22)14-2-4-15(5-3-14)27(20,24)25/h1-6,11H,7-10,12H2,(H2,20,24,25). The van der Waals surface area contributed by atoms with Crippen LogP contribution in [0.2, 0.25) is 0 Å². The molecule has 0 radical (unpaired) electrons. The van der Waals surface area contributed by atoms with Crippen LogP contribution >= 0.6 is 0 Å². The maximum absolute atomic E-state index is 13.3. The average Bonchev–Trinajstić information content (AvgIpc) is 3.03. The van der Waals surface area contributed by atoms with Crippen molar-refractivity contribution in [1.29, 1.82) is 0 Å². The Morgan fingerprint density at radius 1 is 1.07 bits per heavy atom. The Hall–Kier alpha value is -2.49. The minimum absolute atomic E-state index is 0.110. The molecule has 0 unspecified atom stereocenters. The molecule has 0 spiro atoms. The number of benzene rings is 2. The van der Waals surface area contributed by atoms with E-state index < -0.39 is 10.0 Å². The first kappa shape index (κ1) is 17.9. The summed E-state index contributed by atoms with van der Waals surface area (Å²) >= 11 is 0. The predicted molar refractivity (Wildman–Crippen MR) is 99.3 cm³/mol. The molecule has 2 N–H and O–H groups in total. The second kappa shape index (κ2) is 6.91. The molecule has 1 fully saturated rings. The highest BCUT2D eigenvalue weighted by atomic mass is 32.2. The molecule has 0 aliphatic carbocycles. The van der Waals surface area contributed by atoms with E-state index in [1.54, 1.807) is 18.2 Å². The molecule has 0 bridgehead atoms. The summed E-state index contributed by atoms with van der Waals surface area (Å²) in [4.78, 5) is 4.56. The van der Waals surface area contributed by atoms with Crippen LogP contribution in [0.15, 0.2) is 51.9 Å². The first-order chi connectivity index (χ1) is 12.9. The summed E-state index contributed by atoms with van der Waals surface area (Å²) in [6.45, 7) is 3.90. The molecule has 1 saturated heterocycles. The van der Waals surface area contributed by atoms with E-state index in [1.165, 1.54) is 24.3 Å². The van der Waals surface area contributed by atoms with E-state index in [9.17, 15) is 12.8 Å². The van der Waals surface area contributed by atoms with Crippen LogP contribution in [-0.4, -0.2) is 44.7 Å². The molecule has 1 aromatic heterocycles. The number of piperazine rings is 1. The zero-order chi connectivity index (χ0) is 19.0. The van der Waals surface area contributed by atoms with Crippen molar-refractivity contribution in [2.24, 2.45) is 5.14 Å². The van der Waals surface area contributed by atoms with E-state index in [4.69, 9.17) is 9.66 Å². The van der Waals surface area contributed by atoms with Crippen LogP contribution in [0.25, 0.3) is 11.0 Å². The molecule has 1 aliphatic heterocycles. The second-order valence-electron chi connectivity index (χ2n) is 6.57. The Bertz CT molecular complexity index is 1060. The summed E-state index contributed by atoms with van der Waals surface area (Å²) in [5, 5.41) is 10.0. The van der Waals surface area contributed by atoms with Crippen LogP contribution < -0.4 is 10.0 Å². The van der Waals surface area contributed by atoms with Gasteiger partial charge in [0.25, 0.3) is 0 Å². The molecule has 2 heterocycles. The van der Waals surface area contributed by atoms with E-state index in [0.29, 0.717) is 12.1 Å². The molecule has 4 rings (SSSR count). The molecule has 142 valence electrons. The van der Waals surface area contributed by atoms with Gasteiger partial charge < -0.3 is 9.42 Å². The van der Waals surface area contributed by atoms with Gasteiger partial charge in [-0.2, -0.15) is 0 Å². The first-order valence-corrected chi connectivity index (χ1v) is 10.1. The lowest BCUT2D eigenvalue weighted by molar-refractivity contribution is 0.243. The third kappa shape index (κ3) is 3.80. The Labute approximate surface area is 156 Å². The lowest BCUT2D eigenvalue weighted by atomic mass is 10.2. The predicted octanol–water partition coefficient (Wildman–Crippen LogP) is 1.94. The van der Waals surface area contributed by atoms with Gasteiger partial charge in [0.05, 0.1) is 4.90 Å². The zero-order valence-electron chi connectivity index (χ0n) is 14.5. The maximum atomic E-state index is 13.3. The highest BCUT2D eigenvalue weighted by molar-refractivity contribution is 7.89. The number of hydrogen-bond acceptors (Lipinski definition) is 6. The number of nitrogens with zero attached hydrogens (tertiary/aromatic N) is 3. The van der Waals surface area contributed by atoms with Gasteiger partial charge in [-0.3, -0.25) is 4.90 Å². The number of primary sulfonamides is 1. The highest BCUT2D eigenvalue weighted by Crippen LogP contribution is 2.23. The number of sulfonamides is 1. The Morgan fingerprint density at radius 2 is 1.78 bits per heavy atom. The summed E-state index contributed by atoms with van der Waals surface area (Å²) in [6.07, 6.45) is 0. The van der Waals surface area contributed by atoms with Gasteiger partial charge in [-0.15, -0.1) is 0 Å². The van der Waals surface area contributed by atoms with E-state index in [0.717, 1.165) is 42.9 Å². The molecule has 1 aliphatic rings. The Kier molecular flexibility index (Phi) is 4.58. The second-order valence-corrected chi connectivity index (χ2v) is 8.13. The average molecular weight is 390 g/mol. The van der Waals surface area contributed by atoms with Crippen molar-refractivity contribution in [3.8, 4) is 0 Å². The molecule has 0 amide bonds. The quantitative estimate of drug-likeness (QED) is 0.732. The smallest absolute Gasteiger partial charge is 0.238 e. The van der Waals surface area contributed by atoms with Gasteiger partial charge >= 0.3 is 0 Å². The van der Waals surface area contributed by atoms with Crippen molar-refractivity contribution in [2.75, 3.05) is 31.1 Å². The van der Waals surface area contributed by atoms with Gasteiger partial charge in [-0.05, 0) is 36.4 Å². The van der Waals surface area contributed by atoms with Gasteiger partial charge in [-0.1, -0.05) is 5.16 Å². The molecule has 7 nitrogen and oxygen atoms in total. The minimum atomic E-state index is -3.67. The topological polar surface area (TPSA) is 92.7 Å². The minimum Gasteiger partial charge on any atom is -0.369 e. The molecule has 0 atom stereocenters. The van der Waals surface area contributed by atoms with Gasteiger partial charge in [0, 0.05) is 49.9 Å². The number of fused-ring (bicyclic) bond motifs is 1. The zero-order valence-corrected chi connectivity index (χ0v) is 15.3. The monoisotopic (exact) mass is 390 g/mol. The number of anilines is 1. The van der Waals surface area contributed by atoms with Crippen molar-refractivity contribution in [1.82, 2.24) is 10.1 Å². The van der Waals surface area contributed by atoms with Gasteiger partial charge in [0.15, 0.2) is 5.58 Å². The summed E-state index contributed by atoms with van der Waals surface area (Å²) in [5.41, 5.74) is 2.22. The Morgan fingerprint density at radius 3 is 2.44 bits per heavy atom. The van der Waals surface area contributed by atoms with Crippen LogP contribution in [-0.2, 0) is 16.6 Å². The normalized spacial score (nSPS) is 16.1. The number of hydrogen-bond donors (Lipinski definition) is 1. The van der Waals surface area contributed by atoms with Crippen LogP contribution in [0.4, 0.5) is 10.1 Å². The molecular formula is C18H19FN4O3S. The summed E-state index contributed by atoms with van der Waals surface area (Å²) in [6, 6.07) is 11.0. The Balaban J connectivity index is 1.40. The molecular weight excluding hydrogens is 371 g/mol. The van der Waals surface area contributed by atoms with E-state index >= 15 is 0 Å². The third-order valence-electron chi connectivity index (χ3n) is 4.78. The highest BCUT2D eigenvalue weighted by Gasteiger charge is 2.20. The fourth-order valence-corrected chi connectivity index (χ4v) is 3.82. The molecule has 0 saturated carbocycles. The van der Waals surface area contributed by atoms with Gasteiger partial charge in [0.1, 0.15) is 11.5 Å². The fraction of sp³-hybridized carbons (Fsp3) is 0.278. The van der Waals surface area contributed by atoms with Crippen molar-refractivity contribution < 1.29 is 17.3 Å².